The summed E-state index contributed by atoms with van der Waals surface area (Å²) in [6, 6.07) is 2.06. The maximum Gasteiger partial charge on any atom is 0.308 e. The van der Waals surface area contributed by atoms with Gasteiger partial charge in [-0.05, 0) is 12.3 Å². The van der Waals surface area contributed by atoms with E-state index in [9.17, 15) is 4.79 Å². The molecule has 0 bridgehead atoms. The molecule has 0 aromatic carbocycles. The maximum atomic E-state index is 10.6. The Morgan fingerprint density at radius 3 is 2.09 bits per heavy atom. The van der Waals surface area contributed by atoms with Crippen LogP contribution in [0.1, 0.15) is 20.8 Å². The van der Waals surface area contributed by atoms with Gasteiger partial charge in [0.1, 0.15) is 0 Å². The summed E-state index contributed by atoms with van der Waals surface area (Å²) >= 11 is 0. The van der Waals surface area contributed by atoms with Crippen LogP contribution in [0.25, 0.3) is 0 Å². The minimum atomic E-state index is -0.862. The molecule has 3 nitrogen and oxygen atoms in total. The Labute approximate surface area is 65.6 Å². The lowest BCUT2D eigenvalue weighted by atomic mass is 10.0. The summed E-state index contributed by atoms with van der Waals surface area (Å²) in [5.41, 5.74) is -1.04. The van der Waals surface area contributed by atoms with Gasteiger partial charge in [0.05, 0.1) is 17.4 Å². The largest absolute Gasteiger partial charge is 0.481 e. The Morgan fingerprint density at radius 1 is 1.55 bits per heavy atom. The molecule has 0 aromatic rings. The van der Waals surface area contributed by atoms with Crippen LogP contribution in [0.3, 0.4) is 0 Å². The number of hydrogen-bond donors (Lipinski definition) is 1. The lowest BCUT2D eigenvalue weighted by Crippen LogP contribution is -2.04. The molecule has 0 heterocycles. The van der Waals surface area contributed by atoms with Gasteiger partial charge in [0.15, 0.2) is 0 Å². The average Bonchev–Trinajstić information content (AvgIpc) is 2.29. The zero-order valence-corrected chi connectivity index (χ0v) is 6.88. The number of rotatable bonds is 1. The first kappa shape index (κ1) is 8.06. The molecule has 0 aliphatic heterocycles. The number of aliphatic carboxylic acids is 1. The summed E-state index contributed by atoms with van der Waals surface area (Å²) in [6.45, 7) is 5.33. The fourth-order valence-corrected chi connectivity index (χ4v) is 1.74. The third kappa shape index (κ3) is 0.697. The molecule has 1 N–H and O–H groups in total. The molecule has 0 spiro atoms. The molecule has 0 radical (unpaired) electrons. The monoisotopic (exact) mass is 153 g/mol. The molecule has 1 saturated carbocycles. The molecule has 1 aliphatic rings. The number of nitriles is 1. The molecule has 2 unspecified atom stereocenters. The van der Waals surface area contributed by atoms with Crippen molar-refractivity contribution in [3.63, 3.8) is 0 Å². The van der Waals surface area contributed by atoms with Crippen LogP contribution >= 0.6 is 0 Å². The minimum Gasteiger partial charge on any atom is -0.481 e. The fraction of sp³-hybridized carbons (Fsp3) is 0.750. The van der Waals surface area contributed by atoms with E-state index < -0.39 is 17.3 Å². The predicted molar refractivity (Wildman–Crippen MR) is 38.6 cm³/mol. The van der Waals surface area contributed by atoms with Gasteiger partial charge in [-0.25, -0.2) is 0 Å². The second kappa shape index (κ2) is 1.76. The van der Waals surface area contributed by atoms with Crippen molar-refractivity contribution in [1.29, 1.82) is 5.26 Å². The van der Waals surface area contributed by atoms with Gasteiger partial charge in [-0.1, -0.05) is 13.8 Å². The van der Waals surface area contributed by atoms with Crippen LogP contribution in [0.4, 0.5) is 0 Å². The summed E-state index contributed by atoms with van der Waals surface area (Å²) in [6.07, 6.45) is 0. The molecule has 2 atom stereocenters. The van der Waals surface area contributed by atoms with Crippen molar-refractivity contribution in [2.45, 2.75) is 20.8 Å². The van der Waals surface area contributed by atoms with Gasteiger partial charge in [0, 0.05) is 0 Å². The summed E-state index contributed by atoms with van der Waals surface area (Å²) in [7, 11) is 0. The van der Waals surface area contributed by atoms with Gasteiger partial charge < -0.3 is 5.11 Å². The van der Waals surface area contributed by atoms with Gasteiger partial charge in [-0.3, -0.25) is 4.79 Å². The van der Waals surface area contributed by atoms with Crippen LogP contribution in [0.15, 0.2) is 0 Å². The Hall–Kier alpha value is -1.04. The van der Waals surface area contributed by atoms with E-state index in [1.165, 1.54) is 0 Å². The maximum absolute atomic E-state index is 10.6. The highest BCUT2D eigenvalue weighted by Crippen LogP contribution is 2.68. The van der Waals surface area contributed by atoms with Crippen molar-refractivity contribution >= 4 is 5.97 Å². The molecule has 60 valence electrons. The van der Waals surface area contributed by atoms with Crippen molar-refractivity contribution in [2.24, 2.45) is 16.7 Å². The standard InChI is InChI=1S/C8H11NO2/c1-7(2)5(6(10)11)8(7,3)4-9/h5H,1-3H3,(H,10,11). The first-order valence-electron chi connectivity index (χ1n) is 3.52. The van der Waals surface area contributed by atoms with Crippen LogP contribution in [-0.4, -0.2) is 11.1 Å². The summed E-state index contributed by atoms with van der Waals surface area (Å²) in [4.78, 5) is 10.6. The molecule has 0 saturated heterocycles. The number of carboxylic acids is 1. The Kier molecular flexibility index (Phi) is 1.29. The van der Waals surface area contributed by atoms with Crippen LogP contribution in [0.2, 0.25) is 0 Å². The quantitative estimate of drug-likeness (QED) is 0.616. The highest BCUT2D eigenvalue weighted by molar-refractivity contribution is 5.78. The summed E-state index contributed by atoms with van der Waals surface area (Å²) in [5, 5.41) is 17.4. The van der Waals surface area contributed by atoms with E-state index in [0.717, 1.165) is 0 Å². The molecule has 3 heteroatoms. The Bertz CT molecular complexity index is 251. The summed E-state index contributed by atoms with van der Waals surface area (Å²) in [5.74, 6) is -1.36. The molecular formula is C8H11NO2. The third-order valence-electron chi connectivity index (χ3n) is 3.03. The van der Waals surface area contributed by atoms with Crippen molar-refractivity contribution in [3.8, 4) is 6.07 Å². The minimum absolute atomic E-state index is 0.367. The van der Waals surface area contributed by atoms with E-state index in [0.29, 0.717) is 0 Å². The molecule has 0 aromatic heterocycles. The van der Waals surface area contributed by atoms with E-state index in [1.54, 1.807) is 6.92 Å². The molecule has 1 fully saturated rings. The van der Waals surface area contributed by atoms with Crippen LogP contribution < -0.4 is 0 Å². The van der Waals surface area contributed by atoms with Crippen molar-refractivity contribution in [2.75, 3.05) is 0 Å². The fourth-order valence-electron chi connectivity index (χ4n) is 1.74. The smallest absolute Gasteiger partial charge is 0.308 e. The van der Waals surface area contributed by atoms with E-state index in [1.807, 2.05) is 13.8 Å². The topological polar surface area (TPSA) is 61.1 Å². The Morgan fingerprint density at radius 2 is 2.00 bits per heavy atom. The van der Waals surface area contributed by atoms with Gasteiger partial charge >= 0.3 is 5.97 Å². The van der Waals surface area contributed by atoms with Gasteiger partial charge in [-0.15, -0.1) is 0 Å². The van der Waals surface area contributed by atoms with Gasteiger partial charge in [0.25, 0.3) is 0 Å². The SMILES string of the molecule is CC1(C)C(C(=O)O)C1(C)C#N. The van der Waals surface area contributed by atoms with E-state index >= 15 is 0 Å². The number of nitrogens with zero attached hydrogens (tertiary/aromatic N) is 1. The molecule has 1 rings (SSSR count). The molecule has 0 amide bonds. The summed E-state index contributed by atoms with van der Waals surface area (Å²) < 4.78 is 0. The number of hydrogen-bond acceptors (Lipinski definition) is 2. The van der Waals surface area contributed by atoms with Crippen LogP contribution in [0, 0.1) is 28.1 Å². The van der Waals surface area contributed by atoms with E-state index in [4.69, 9.17) is 10.4 Å². The van der Waals surface area contributed by atoms with Crippen molar-refractivity contribution in [1.82, 2.24) is 0 Å². The lowest BCUT2D eigenvalue weighted by molar-refractivity contribution is -0.139. The van der Waals surface area contributed by atoms with Crippen LogP contribution in [0.5, 0.6) is 0 Å². The molecular weight excluding hydrogens is 142 g/mol. The number of carbonyl (C=O) groups is 1. The highest BCUT2D eigenvalue weighted by Gasteiger charge is 2.72. The second-order valence-corrected chi connectivity index (χ2v) is 3.81. The van der Waals surface area contributed by atoms with E-state index in [2.05, 4.69) is 6.07 Å². The first-order valence-corrected chi connectivity index (χ1v) is 3.52. The normalized spacial score (nSPS) is 39.3. The first-order chi connectivity index (χ1) is 4.88. The predicted octanol–water partition coefficient (Wildman–Crippen LogP) is 1.26. The van der Waals surface area contributed by atoms with Gasteiger partial charge in [0.2, 0.25) is 0 Å². The van der Waals surface area contributed by atoms with Crippen LogP contribution in [-0.2, 0) is 4.79 Å². The van der Waals surface area contributed by atoms with Crippen molar-refractivity contribution < 1.29 is 9.90 Å². The third-order valence-corrected chi connectivity index (χ3v) is 3.03. The molecule has 1 aliphatic carbocycles. The van der Waals surface area contributed by atoms with Crippen molar-refractivity contribution in [3.05, 3.63) is 0 Å². The second-order valence-electron chi connectivity index (χ2n) is 3.81. The average molecular weight is 153 g/mol. The zero-order valence-electron chi connectivity index (χ0n) is 6.88. The van der Waals surface area contributed by atoms with Gasteiger partial charge in [-0.2, -0.15) is 5.26 Å². The lowest BCUT2D eigenvalue weighted by Gasteiger charge is -2.00. The van der Waals surface area contributed by atoms with E-state index in [-0.39, 0.29) is 5.41 Å². The number of carboxylic acid groups (broad SMARTS) is 1. The Balaban J connectivity index is 2.95. The highest BCUT2D eigenvalue weighted by atomic mass is 16.4. The zero-order chi connectivity index (χ0) is 8.86. The molecule has 11 heavy (non-hydrogen) atoms.